The normalized spacial score (nSPS) is 10.7. The summed E-state index contributed by atoms with van der Waals surface area (Å²) in [7, 11) is 5.59. The number of amides is 1. The Bertz CT molecular complexity index is 467. The number of anilines is 1. The van der Waals surface area contributed by atoms with Crippen molar-refractivity contribution >= 4 is 35.0 Å². The van der Waals surface area contributed by atoms with E-state index in [4.69, 9.17) is 16.3 Å². The van der Waals surface area contributed by atoms with Crippen molar-refractivity contribution < 1.29 is 9.53 Å². The fraction of sp³-hybridized carbons (Fsp3) is 0.500. The van der Waals surface area contributed by atoms with Crippen LogP contribution in [-0.4, -0.2) is 50.1 Å². The molecule has 0 unspecified atom stereocenters. The molecule has 0 fully saturated rings. The van der Waals surface area contributed by atoms with Crippen molar-refractivity contribution in [3.8, 4) is 5.75 Å². The first-order valence-electron chi connectivity index (χ1n) is 6.30. The largest absolute Gasteiger partial charge is 0.495 e. The van der Waals surface area contributed by atoms with Crippen LogP contribution in [0.4, 0.5) is 5.69 Å². The summed E-state index contributed by atoms with van der Waals surface area (Å²) in [6, 6.07) is 3.54. The minimum atomic E-state index is -0.0335. The number of halogens is 1. The number of hydrogen-bond acceptors (Lipinski definition) is 4. The van der Waals surface area contributed by atoms with Crippen LogP contribution in [0.25, 0.3) is 0 Å². The van der Waals surface area contributed by atoms with E-state index in [1.807, 2.05) is 27.1 Å². The predicted molar refractivity (Wildman–Crippen MR) is 87.2 cm³/mol. The number of ether oxygens (including phenoxy) is 1. The van der Waals surface area contributed by atoms with E-state index in [0.717, 1.165) is 17.9 Å². The van der Waals surface area contributed by atoms with Gasteiger partial charge < -0.3 is 15.0 Å². The maximum Gasteiger partial charge on any atom is 0.234 e. The highest BCUT2D eigenvalue weighted by Crippen LogP contribution is 2.30. The van der Waals surface area contributed by atoms with E-state index >= 15 is 0 Å². The van der Waals surface area contributed by atoms with E-state index in [9.17, 15) is 4.79 Å². The Morgan fingerprint density at radius 3 is 2.75 bits per heavy atom. The smallest absolute Gasteiger partial charge is 0.234 e. The van der Waals surface area contributed by atoms with Crippen LogP contribution in [0.1, 0.15) is 5.56 Å². The fourth-order valence-corrected chi connectivity index (χ4v) is 2.58. The van der Waals surface area contributed by atoms with Crippen LogP contribution >= 0.6 is 23.4 Å². The van der Waals surface area contributed by atoms with E-state index in [2.05, 4.69) is 10.2 Å². The minimum Gasteiger partial charge on any atom is -0.495 e. The lowest BCUT2D eigenvalue weighted by Crippen LogP contribution is -2.18. The molecule has 0 aliphatic heterocycles. The Balaban J connectivity index is 2.55. The number of methoxy groups -OCH3 is 1. The fourth-order valence-electron chi connectivity index (χ4n) is 1.53. The van der Waals surface area contributed by atoms with Gasteiger partial charge in [-0.15, -0.1) is 0 Å². The molecule has 0 aliphatic rings. The summed E-state index contributed by atoms with van der Waals surface area (Å²) < 4.78 is 5.23. The van der Waals surface area contributed by atoms with Gasteiger partial charge in [-0.3, -0.25) is 4.79 Å². The molecule has 0 aliphatic carbocycles. The number of nitrogens with zero attached hydrogens (tertiary/aromatic N) is 1. The molecule has 6 heteroatoms. The summed E-state index contributed by atoms with van der Waals surface area (Å²) in [5.41, 5.74) is 1.57. The third-order valence-electron chi connectivity index (χ3n) is 2.67. The summed E-state index contributed by atoms with van der Waals surface area (Å²) in [6.45, 7) is 2.85. The molecule has 1 N–H and O–H groups in total. The topological polar surface area (TPSA) is 41.6 Å². The van der Waals surface area contributed by atoms with E-state index in [0.29, 0.717) is 22.2 Å². The molecule has 0 radical (unpaired) electrons. The molecule has 0 saturated carbocycles. The summed E-state index contributed by atoms with van der Waals surface area (Å²) in [5, 5.41) is 3.49. The Morgan fingerprint density at radius 1 is 1.45 bits per heavy atom. The molecule has 4 nitrogen and oxygen atoms in total. The van der Waals surface area contributed by atoms with E-state index in [1.54, 1.807) is 24.9 Å². The van der Waals surface area contributed by atoms with E-state index in [-0.39, 0.29) is 5.91 Å². The third kappa shape index (κ3) is 5.61. The molecular weight excluding hydrogens is 296 g/mol. The number of nitrogens with one attached hydrogen (secondary N) is 1. The van der Waals surface area contributed by atoms with Gasteiger partial charge in [-0.1, -0.05) is 11.6 Å². The zero-order valence-electron chi connectivity index (χ0n) is 12.3. The summed E-state index contributed by atoms with van der Waals surface area (Å²) in [5.74, 6) is 1.90. The molecule has 1 aromatic carbocycles. The molecular formula is C14H21ClN2O2S. The Morgan fingerprint density at radius 2 is 2.15 bits per heavy atom. The SMILES string of the molecule is COc1cc(Cl)c(C)cc1NC(=O)CSCCN(C)C. The number of carbonyl (C=O) groups is 1. The first-order chi connectivity index (χ1) is 9.43. The number of carbonyl (C=O) groups excluding carboxylic acids is 1. The Labute approximate surface area is 129 Å². The molecule has 20 heavy (non-hydrogen) atoms. The number of hydrogen-bond donors (Lipinski definition) is 1. The highest BCUT2D eigenvalue weighted by Gasteiger charge is 2.10. The summed E-state index contributed by atoms with van der Waals surface area (Å²) >= 11 is 7.64. The number of thioether (sulfide) groups is 1. The van der Waals surface area contributed by atoms with Crippen molar-refractivity contribution in [3.05, 3.63) is 22.7 Å². The summed E-state index contributed by atoms with van der Waals surface area (Å²) in [4.78, 5) is 14.0. The van der Waals surface area contributed by atoms with Crippen molar-refractivity contribution in [3.63, 3.8) is 0 Å². The average Bonchev–Trinajstić information content (AvgIpc) is 2.38. The molecule has 1 rings (SSSR count). The molecule has 0 heterocycles. The van der Waals surface area contributed by atoms with Crippen molar-refractivity contribution in [2.24, 2.45) is 0 Å². The van der Waals surface area contributed by atoms with Gasteiger partial charge in [-0.2, -0.15) is 11.8 Å². The number of benzene rings is 1. The Kier molecular flexibility index (Phi) is 7.19. The Hall–Kier alpha value is -0.910. The van der Waals surface area contributed by atoms with Gasteiger partial charge in [0.15, 0.2) is 0 Å². The summed E-state index contributed by atoms with van der Waals surface area (Å²) in [6.07, 6.45) is 0. The zero-order valence-corrected chi connectivity index (χ0v) is 13.9. The van der Waals surface area contributed by atoms with Gasteiger partial charge in [-0.25, -0.2) is 0 Å². The van der Waals surface area contributed by atoms with Crippen molar-refractivity contribution in [1.29, 1.82) is 0 Å². The van der Waals surface area contributed by atoms with Gasteiger partial charge in [0.05, 0.1) is 18.6 Å². The molecule has 1 aromatic rings. The molecule has 0 bridgehead atoms. The second-order valence-corrected chi connectivity index (χ2v) is 6.22. The van der Waals surface area contributed by atoms with Crippen molar-refractivity contribution in [1.82, 2.24) is 4.90 Å². The van der Waals surface area contributed by atoms with Gasteiger partial charge in [0.25, 0.3) is 0 Å². The molecule has 0 aromatic heterocycles. The monoisotopic (exact) mass is 316 g/mol. The molecule has 1 amide bonds. The van der Waals surface area contributed by atoms with Gasteiger partial charge >= 0.3 is 0 Å². The molecule has 0 spiro atoms. The lowest BCUT2D eigenvalue weighted by molar-refractivity contribution is -0.113. The third-order valence-corrected chi connectivity index (χ3v) is 4.02. The first-order valence-corrected chi connectivity index (χ1v) is 7.83. The quantitative estimate of drug-likeness (QED) is 0.785. The lowest BCUT2D eigenvalue weighted by Gasteiger charge is -2.12. The minimum absolute atomic E-state index is 0.0335. The van der Waals surface area contributed by atoms with Gasteiger partial charge in [-0.05, 0) is 32.6 Å². The van der Waals surface area contributed by atoms with Crippen LogP contribution in [0.3, 0.4) is 0 Å². The highest BCUT2D eigenvalue weighted by molar-refractivity contribution is 7.99. The van der Waals surface area contributed by atoms with Gasteiger partial charge in [0, 0.05) is 23.4 Å². The van der Waals surface area contributed by atoms with Crippen LogP contribution in [0.5, 0.6) is 5.75 Å². The maximum absolute atomic E-state index is 11.9. The highest BCUT2D eigenvalue weighted by atomic mass is 35.5. The molecule has 0 saturated heterocycles. The van der Waals surface area contributed by atoms with Crippen molar-refractivity contribution in [2.45, 2.75) is 6.92 Å². The molecule has 0 atom stereocenters. The zero-order chi connectivity index (χ0) is 15.1. The lowest BCUT2D eigenvalue weighted by atomic mass is 10.2. The second-order valence-electron chi connectivity index (χ2n) is 4.71. The van der Waals surface area contributed by atoms with Crippen LogP contribution < -0.4 is 10.1 Å². The van der Waals surface area contributed by atoms with E-state index < -0.39 is 0 Å². The average molecular weight is 317 g/mol. The standard InChI is InChI=1S/C14H21ClN2O2S/c1-10-7-12(13(19-4)8-11(10)15)16-14(18)9-20-6-5-17(2)3/h7-8H,5-6,9H2,1-4H3,(H,16,18). The van der Waals surface area contributed by atoms with Crippen LogP contribution in [0, 0.1) is 6.92 Å². The maximum atomic E-state index is 11.9. The number of aryl methyl sites for hydroxylation is 1. The van der Waals surface area contributed by atoms with Gasteiger partial charge in [0.1, 0.15) is 5.75 Å². The molecule has 112 valence electrons. The van der Waals surface area contributed by atoms with Crippen LogP contribution in [-0.2, 0) is 4.79 Å². The van der Waals surface area contributed by atoms with Crippen LogP contribution in [0.15, 0.2) is 12.1 Å². The number of rotatable bonds is 7. The van der Waals surface area contributed by atoms with Gasteiger partial charge in [0.2, 0.25) is 5.91 Å². The predicted octanol–water partition coefficient (Wildman–Crippen LogP) is 2.89. The first kappa shape index (κ1) is 17.1. The van der Waals surface area contributed by atoms with Crippen molar-refractivity contribution in [2.75, 3.05) is 44.6 Å². The van der Waals surface area contributed by atoms with E-state index in [1.165, 1.54) is 0 Å². The second kappa shape index (κ2) is 8.39. The van der Waals surface area contributed by atoms with Crippen LogP contribution in [0.2, 0.25) is 5.02 Å².